The molecule has 17 heavy (non-hydrogen) atoms. The van der Waals surface area contributed by atoms with Crippen molar-refractivity contribution in [1.29, 1.82) is 0 Å². The van der Waals surface area contributed by atoms with Crippen LogP contribution in [0.3, 0.4) is 0 Å². The van der Waals surface area contributed by atoms with Crippen LogP contribution in [-0.2, 0) is 12.8 Å². The molecule has 1 aromatic carbocycles. The van der Waals surface area contributed by atoms with Crippen LogP contribution >= 0.6 is 0 Å². The largest absolute Gasteiger partial charge is 0.330 e. The van der Waals surface area contributed by atoms with Gasteiger partial charge in [0.05, 0.1) is 0 Å². The van der Waals surface area contributed by atoms with Crippen LogP contribution < -0.4 is 5.73 Å². The Balaban J connectivity index is 2.17. The molecule has 2 N–H and O–H groups in total. The highest BCUT2D eigenvalue weighted by Gasteiger charge is 2.18. The lowest BCUT2D eigenvalue weighted by Gasteiger charge is -2.22. The van der Waals surface area contributed by atoms with Crippen molar-refractivity contribution >= 4 is 0 Å². The molecule has 1 atom stereocenters. The summed E-state index contributed by atoms with van der Waals surface area (Å²) in [5, 5.41) is 0. The zero-order valence-electron chi connectivity index (χ0n) is 11.2. The molecule has 0 bridgehead atoms. The lowest BCUT2D eigenvalue weighted by atomic mass is 9.84. The zero-order chi connectivity index (χ0) is 12.3. The van der Waals surface area contributed by atoms with Crippen molar-refractivity contribution in [2.24, 2.45) is 11.7 Å². The van der Waals surface area contributed by atoms with E-state index in [9.17, 15) is 0 Å². The lowest BCUT2D eigenvalue weighted by molar-refractivity contribution is 0.457. The van der Waals surface area contributed by atoms with Gasteiger partial charge in [0, 0.05) is 0 Å². The molecule has 1 unspecified atom stereocenters. The molecule has 0 saturated heterocycles. The molecule has 0 fully saturated rings. The first kappa shape index (κ1) is 12.6. The summed E-state index contributed by atoms with van der Waals surface area (Å²) in [6, 6.07) is 7.17. The van der Waals surface area contributed by atoms with Gasteiger partial charge >= 0.3 is 0 Å². The van der Waals surface area contributed by atoms with E-state index in [1.807, 2.05) is 0 Å². The number of hydrogen-bond donors (Lipinski definition) is 1. The summed E-state index contributed by atoms with van der Waals surface area (Å²) in [5.74, 6) is 1.39. The third-order valence-electron chi connectivity index (χ3n) is 4.07. The van der Waals surface area contributed by atoms with Gasteiger partial charge in [-0.3, -0.25) is 0 Å². The van der Waals surface area contributed by atoms with Crippen LogP contribution in [0.25, 0.3) is 0 Å². The van der Waals surface area contributed by atoms with Gasteiger partial charge in [-0.2, -0.15) is 0 Å². The highest BCUT2D eigenvalue weighted by atomic mass is 14.5. The first-order chi connectivity index (χ1) is 8.22. The van der Waals surface area contributed by atoms with Crippen LogP contribution in [0, 0.1) is 5.92 Å². The second-order valence-corrected chi connectivity index (χ2v) is 5.66. The average molecular weight is 231 g/mol. The molecule has 0 aliphatic heterocycles. The van der Waals surface area contributed by atoms with Crippen molar-refractivity contribution in [2.45, 2.75) is 51.9 Å². The summed E-state index contributed by atoms with van der Waals surface area (Å²) in [6.07, 6.45) is 6.27. The molecule has 1 heteroatoms. The standard InChI is InChI=1S/C16H25N/c1-12(2)16(7-4-10-17)15-9-8-13-5-3-6-14(13)11-15/h8-9,11-12,16H,3-7,10,17H2,1-2H3. The minimum Gasteiger partial charge on any atom is -0.330 e. The summed E-state index contributed by atoms with van der Waals surface area (Å²) < 4.78 is 0. The molecule has 0 amide bonds. The van der Waals surface area contributed by atoms with E-state index in [1.165, 1.54) is 31.2 Å². The number of rotatable bonds is 5. The fourth-order valence-electron chi connectivity index (χ4n) is 3.05. The molecule has 1 aliphatic rings. The number of aryl methyl sites for hydroxylation is 2. The molecule has 1 nitrogen and oxygen atoms in total. The molecule has 2 rings (SSSR count). The van der Waals surface area contributed by atoms with Gasteiger partial charge in [0.25, 0.3) is 0 Å². The molecule has 0 spiro atoms. The summed E-state index contributed by atoms with van der Waals surface area (Å²) in [4.78, 5) is 0. The van der Waals surface area contributed by atoms with Crippen molar-refractivity contribution in [3.8, 4) is 0 Å². The van der Waals surface area contributed by atoms with Gasteiger partial charge < -0.3 is 5.73 Å². The molecule has 1 aliphatic carbocycles. The summed E-state index contributed by atoms with van der Waals surface area (Å²) in [6.45, 7) is 5.47. The van der Waals surface area contributed by atoms with Gasteiger partial charge in [-0.25, -0.2) is 0 Å². The predicted octanol–water partition coefficient (Wildman–Crippen LogP) is 3.65. The molecule has 0 saturated carbocycles. The number of hydrogen-bond acceptors (Lipinski definition) is 1. The van der Waals surface area contributed by atoms with Gasteiger partial charge in [-0.05, 0) is 67.2 Å². The van der Waals surface area contributed by atoms with Crippen LogP contribution in [0.15, 0.2) is 18.2 Å². The Hall–Kier alpha value is -0.820. The van der Waals surface area contributed by atoms with Crippen molar-refractivity contribution in [3.05, 3.63) is 34.9 Å². The minimum atomic E-state index is 0.685. The normalized spacial score (nSPS) is 16.2. The maximum atomic E-state index is 5.65. The fraction of sp³-hybridized carbons (Fsp3) is 0.625. The highest BCUT2D eigenvalue weighted by Crippen LogP contribution is 2.32. The maximum absolute atomic E-state index is 5.65. The second kappa shape index (κ2) is 5.68. The monoisotopic (exact) mass is 231 g/mol. The van der Waals surface area contributed by atoms with Crippen LogP contribution in [-0.4, -0.2) is 6.54 Å². The highest BCUT2D eigenvalue weighted by molar-refractivity contribution is 5.36. The lowest BCUT2D eigenvalue weighted by Crippen LogP contribution is -2.10. The van der Waals surface area contributed by atoms with E-state index < -0.39 is 0 Å². The molecular weight excluding hydrogens is 206 g/mol. The van der Waals surface area contributed by atoms with Gasteiger partial charge in [0.15, 0.2) is 0 Å². The van der Waals surface area contributed by atoms with Crippen LogP contribution in [0.4, 0.5) is 0 Å². The van der Waals surface area contributed by atoms with Gasteiger partial charge in [0.2, 0.25) is 0 Å². The Morgan fingerprint density at radius 2 is 1.94 bits per heavy atom. The van der Waals surface area contributed by atoms with Crippen molar-refractivity contribution in [3.63, 3.8) is 0 Å². The third-order valence-corrected chi connectivity index (χ3v) is 4.07. The second-order valence-electron chi connectivity index (χ2n) is 5.66. The Morgan fingerprint density at radius 1 is 1.18 bits per heavy atom. The van der Waals surface area contributed by atoms with E-state index in [1.54, 1.807) is 11.1 Å². The SMILES string of the molecule is CC(C)C(CCCN)c1ccc2c(c1)CCC2. The average Bonchev–Trinajstić information content (AvgIpc) is 2.76. The third kappa shape index (κ3) is 2.90. The Kier molecular flexibility index (Phi) is 4.22. The first-order valence-corrected chi connectivity index (χ1v) is 7.04. The minimum absolute atomic E-state index is 0.685. The van der Waals surface area contributed by atoms with E-state index in [2.05, 4.69) is 32.0 Å². The van der Waals surface area contributed by atoms with Crippen molar-refractivity contribution < 1.29 is 0 Å². The first-order valence-electron chi connectivity index (χ1n) is 7.04. The summed E-state index contributed by atoms with van der Waals surface area (Å²) in [7, 11) is 0. The van der Waals surface area contributed by atoms with Gasteiger partial charge in [-0.1, -0.05) is 32.0 Å². The van der Waals surface area contributed by atoms with E-state index >= 15 is 0 Å². The number of nitrogens with two attached hydrogens (primary N) is 1. The zero-order valence-corrected chi connectivity index (χ0v) is 11.2. The van der Waals surface area contributed by atoms with Gasteiger partial charge in [0.1, 0.15) is 0 Å². The van der Waals surface area contributed by atoms with Crippen LogP contribution in [0.5, 0.6) is 0 Å². The van der Waals surface area contributed by atoms with E-state index in [4.69, 9.17) is 5.73 Å². The Labute approximate surface area is 105 Å². The van der Waals surface area contributed by atoms with Crippen molar-refractivity contribution in [2.75, 3.05) is 6.54 Å². The molecule has 0 heterocycles. The Bertz CT molecular complexity index is 368. The summed E-state index contributed by atoms with van der Waals surface area (Å²) in [5.41, 5.74) is 10.4. The number of fused-ring (bicyclic) bond motifs is 1. The Morgan fingerprint density at radius 3 is 2.65 bits per heavy atom. The van der Waals surface area contributed by atoms with Crippen LogP contribution in [0.2, 0.25) is 0 Å². The van der Waals surface area contributed by atoms with Crippen molar-refractivity contribution in [1.82, 2.24) is 0 Å². The quantitative estimate of drug-likeness (QED) is 0.822. The molecular formula is C16H25N. The fourth-order valence-corrected chi connectivity index (χ4v) is 3.05. The molecule has 0 radical (unpaired) electrons. The van der Waals surface area contributed by atoms with E-state index in [0.717, 1.165) is 13.0 Å². The van der Waals surface area contributed by atoms with Gasteiger partial charge in [-0.15, -0.1) is 0 Å². The molecule has 1 aromatic rings. The van der Waals surface area contributed by atoms with E-state index in [-0.39, 0.29) is 0 Å². The number of benzene rings is 1. The van der Waals surface area contributed by atoms with E-state index in [0.29, 0.717) is 11.8 Å². The smallest absolute Gasteiger partial charge is 0.00771 e. The topological polar surface area (TPSA) is 26.0 Å². The molecule has 0 aromatic heterocycles. The maximum Gasteiger partial charge on any atom is -0.00771 e. The summed E-state index contributed by atoms with van der Waals surface area (Å²) >= 11 is 0. The molecule has 94 valence electrons. The van der Waals surface area contributed by atoms with Crippen LogP contribution in [0.1, 0.15) is 55.7 Å². The predicted molar refractivity (Wildman–Crippen MR) is 74.3 cm³/mol.